The number of hydrogen-bond acceptors (Lipinski definition) is 4. The third-order valence-electron chi connectivity index (χ3n) is 5.81. The Balaban J connectivity index is 1.66. The molecule has 2 aromatic carbocycles. The second kappa shape index (κ2) is 8.45. The van der Waals surface area contributed by atoms with Crippen LogP contribution in [0.15, 0.2) is 76.8 Å². The number of pyridine rings is 1. The first-order valence-corrected chi connectivity index (χ1v) is 11.3. The molecule has 0 amide bonds. The summed E-state index contributed by atoms with van der Waals surface area (Å²) in [7, 11) is 0. The van der Waals surface area contributed by atoms with Crippen molar-refractivity contribution in [2.45, 2.75) is 38.3 Å². The number of nitrogens with one attached hydrogen (secondary N) is 2. The number of aliphatic imine (C=N–C) groups is 1. The number of amidine groups is 1. The lowest BCUT2D eigenvalue weighted by Gasteiger charge is -2.35. The van der Waals surface area contributed by atoms with Crippen molar-refractivity contribution in [3.05, 3.63) is 105 Å². The summed E-state index contributed by atoms with van der Waals surface area (Å²) in [5.41, 5.74) is 3.47. The third-order valence-corrected chi connectivity index (χ3v) is 6.04. The Morgan fingerprint density at radius 2 is 1.97 bits per heavy atom. The summed E-state index contributed by atoms with van der Waals surface area (Å²) in [6.07, 6.45) is 4.61. The Morgan fingerprint density at radius 1 is 1.15 bits per heavy atom. The topological polar surface area (TPSA) is 83.0 Å². The number of benzene rings is 2. The number of fused-ring (bicyclic) bond motifs is 2. The molecule has 0 radical (unpaired) electrons. The molecule has 0 unspecified atom stereocenters. The normalized spacial score (nSPS) is 16.9. The predicted octanol–water partition coefficient (Wildman–Crippen LogP) is 4.63. The van der Waals surface area contributed by atoms with Crippen LogP contribution in [0.5, 0.6) is 0 Å². The molecule has 4 aromatic rings. The Bertz CT molecular complexity index is 1410. The second-order valence-electron chi connectivity index (χ2n) is 9.01. The van der Waals surface area contributed by atoms with Crippen molar-refractivity contribution in [1.82, 2.24) is 20.3 Å². The molecule has 0 aliphatic carbocycles. The highest BCUT2D eigenvalue weighted by molar-refractivity contribution is 6.30. The van der Waals surface area contributed by atoms with Crippen molar-refractivity contribution >= 4 is 28.3 Å². The molecule has 0 spiro atoms. The summed E-state index contributed by atoms with van der Waals surface area (Å²) in [4.78, 5) is 29.7. The predicted molar refractivity (Wildman–Crippen MR) is 132 cm³/mol. The minimum atomic E-state index is -0.391. The fourth-order valence-electron chi connectivity index (χ4n) is 4.30. The fourth-order valence-corrected chi connectivity index (χ4v) is 4.50. The van der Waals surface area contributed by atoms with Gasteiger partial charge in [0.25, 0.3) is 5.56 Å². The van der Waals surface area contributed by atoms with Gasteiger partial charge in [-0.3, -0.25) is 14.8 Å². The standard InChI is InChI=1S/C26H24ClN5O/c1-26(2)14-17-13-18(27)8-9-19(17)23(32-26)30-22(12-16-6-4-3-5-7-16)24-29-21-10-11-28-15-20(21)25(33)31-24/h3-11,13,15,22H,12,14H2,1-2H3,(H,30,32)(H,29,31,33)/t22-/m0/s1. The van der Waals surface area contributed by atoms with Gasteiger partial charge in [-0.25, -0.2) is 4.98 Å². The quantitative estimate of drug-likeness (QED) is 0.468. The smallest absolute Gasteiger partial charge is 0.260 e. The van der Waals surface area contributed by atoms with Gasteiger partial charge in [0.1, 0.15) is 17.7 Å². The summed E-state index contributed by atoms with van der Waals surface area (Å²) < 4.78 is 0. The van der Waals surface area contributed by atoms with Gasteiger partial charge in [0.05, 0.1) is 10.9 Å². The Morgan fingerprint density at radius 3 is 2.79 bits per heavy atom. The second-order valence-corrected chi connectivity index (χ2v) is 9.45. The Kier molecular flexibility index (Phi) is 5.46. The first-order chi connectivity index (χ1) is 15.9. The van der Waals surface area contributed by atoms with E-state index < -0.39 is 6.04 Å². The maximum absolute atomic E-state index is 12.8. The number of nitrogens with zero attached hydrogens (tertiary/aromatic N) is 3. The van der Waals surface area contributed by atoms with Gasteiger partial charge in [-0.2, -0.15) is 0 Å². The average molecular weight is 458 g/mol. The first-order valence-electron chi connectivity index (χ1n) is 10.9. The average Bonchev–Trinajstić information content (AvgIpc) is 2.78. The van der Waals surface area contributed by atoms with E-state index in [0.717, 1.165) is 28.9 Å². The van der Waals surface area contributed by atoms with Crippen molar-refractivity contribution in [3.8, 4) is 0 Å². The molecule has 1 aliphatic rings. The van der Waals surface area contributed by atoms with E-state index in [1.165, 1.54) is 6.20 Å². The maximum Gasteiger partial charge on any atom is 0.260 e. The first kappa shape index (κ1) is 21.3. The number of rotatable bonds is 4. The summed E-state index contributed by atoms with van der Waals surface area (Å²) in [6, 6.07) is 17.3. The SMILES string of the molecule is CC1(C)Cc2cc(Cl)ccc2C(=N[C@@H](Cc2ccccc2)c2nc3ccncc3c(=O)[nH]2)N1. The molecule has 7 heteroatoms. The highest BCUT2D eigenvalue weighted by Gasteiger charge is 2.30. The Labute approximate surface area is 196 Å². The molecule has 3 heterocycles. The number of halogens is 1. The molecule has 33 heavy (non-hydrogen) atoms. The lowest BCUT2D eigenvalue weighted by Crippen LogP contribution is -2.49. The van der Waals surface area contributed by atoms with Crippen LogP contribution >= 0.6 is 11.6 Å². The minimum absolute atomic E-state index is 0.191. The summed E-state index contributed by atoms with van der Waals surface area (Å²) in [6.45, 7) is 4.28. The maximum atomic E-state index is 12.8. The molecular formula is C26H24ClN5O. The van der Waals surface area contributed by atoms with Crippen LogP contribution in [0, 0.1) is 0 Å². The van der Waals surface area contributed by atoms with Crippen LogP contribution in [0.3, 0.4) is 0 Å². The lowest BCUT2D eigenvalue weighted by atomic mass is 9.87. The molecule has 2 N–H and O–H groups in total. The van der Waals surface area contributed by atoms with Gasteiger partial charge in [0.2, 0.25) is 0 Å². The van der Waals surface area contributed by atoms with E-state index in [4.69, 9.17) is 21.6 Å². The number of aromatic amines is 1. The molecule has 0 saturated heterocycles. The fraction of sp³-hybridized carbons (Fsp3) is 0.231. The van der Waals surface area contributed by atoms with E-state index in [2.05, 4.69) is 41.3 Å². The van der Waals surface area contributed by atoms with Crippen LogP contribution in [-0.2, 0) is 12.8 Å². The zero-order valence-electron chi connectivity index (χ0n) is 18.5. The zero-order valence-corrected chi connectivity index (χ0v) is 19.2. The summed E-state index contributed by atoms with van der Waals surface area (Å²) >= 11 is 6.28. The molecule has 6 nitrogen and oxygen atoms in total. The molecule has 0 fully saturated rings. The van der Waals surface area contributed by atoms with Crippen LogP contribution in [0.25, 0.3) is 10.9 Å². The van der Waals surface area contributed by atoms with Crippen molar-refractivity contribution in [2.75, 3.05) is 0 Å². The highest BCUT2D eigenvalue weighted by Crippen LogP contribution is 2.28. The minimum Gasteiger partial charge on any atom is -0.365 e. The van der Waals surface area contributed by atoms with Gasteiger partial charge in [-0.05, 0) is 55.7 Å². The van der Waals surface area contributed by atoms with Crippen LogP contribution < -0.4 is 10.9 Å². The van der Waals surface area contributed by atoms with Crippen molar-refractivity contribution in [1.29, 1.82) is 0 Å². The summed E-state index contributed by atoms with van der Waals surface area (Å²) in [5.74, 6) is 1.30. The van der Waals surface area contributed by atoms with Crippen molar-refractivity contribution in [3.63, 3.8) is 0 Å². The molecule has 1 aliphatic heterocycles. The lowest BCUT2D eigenvalue weighted by molar-refractivity contribution is 0.445. The van der Waals surface area contributed by atoms with Crippen molar-refractivity contribution < 1.29 is 0 Å². The number of aromatic nitrogens is 3. The van der Waals surface area contributed by atoms with Gasteiger partial charge >= 0.3 is 0 Å². The van der Waals surface area contributed by atoms with E-state index in [-0.39, 0.29) is 11.1 Å². The van der Waals surface area contributed by atoms with Crippen molar-refractivity contribution in [2.24, 2.45) is 4.99 Å². The zero-order chi connectivity index (χ0) is 23.0. The van der Waals surface area contributed by atoms with E-state index in [1.807, 2.05) is 36.4 Å². The van der Waals surface area contributed by atoms with Crippen LogP contribution in [0.1, 0.15) is 42.4 Å². The van der Waals surface area contributed by atoms with Gasteiger partial charge in [-0.15, -0.1) is 0 Å². The van der Waals surface area contributed by atoms with Crippen LogP contribution in [0.4, 0.5) is 0 Å². The third kappa shape index (κ3) is 4.52. The summed E-state index contributed by atoms with van der Waals surface area (Å²) in [5, 5.41) is 4.75. The monoisotopic (exact) mass is 457 g/mol. The Hall–Kier alpha value is -3.51. The molecule has 5 rings (SSSR count). The molecule has 0 bridgehead atoms. The molecular weight excluding hydrogens is 434 g/mol. The van der Waals surface area contributed by atoms with Crippen LogP contribution in [-0.4, -0.2) is 26.3 Å². The van der Waals surface area contributed by atoms with Gasteiger partial charge < -0.3 is 10.3 Å². The van der Waals surface area contributed by atoms with Gasteiger partial charge in [0, 0.05) is 34.9 Å². The molecule has 1 atom stereocenters. The van der Waals surface area contributed by atoms with E-state index >= 15 is 0 Å². The molecule has 166 valence electrons. The number of H-pyrrole nitrogens is 1. The largest absolute Gasteiger partial charge is 0.365 e. The van der Waals surface area contributed by atoms with Gasteiger partial charge in [0.15, 0.2) is 0 Å². The van der Waals surface area contributed by atoms with E-state index in [0.29, 0.717) is 28.2 Å². The van der Waals surface area contributed by atoms with E-state index in [1.54, 1.807) is 12.3 Å². The molecule has 2 aromatic heterocycles. The number of hydrogen-bond donors (Lipinski definition) is 2. The van der Waals surface area contributed by atoms with E-state index in [9.17, 15) is 4.79 Å². The highest BCUT2D eigenvalue weighted by atomic mass is 35.5. The van der Waals surface area contributed by atoms with Crippen LogP contribution in [0.2, 0.25) is 5.02 Å². The molecule has 0 saturated carbocycles. The van der Waals surface area contributed by atoms with Gasteiger partial charge in [-0.1, -0.05) is 41.9 Å².